The second-order valence-electron chi connectivity index (χ2n) is 9.62. The van der Waals surface area contributed by atoms with Crippen molar-refractivity contribution in [1.82, 2.24) is 14.6 Å². The molecule has 0 saturated carbocycles. The zero-order valence-corrected chi connectivity index (χ0v) is 19.0. The van der Waals surface area contributed by atoms with Crippen LogP contribution in [-0.2, 0) is 23.7 Å². The molecule has 2 saturated heterocycles. The molecule has 2 aromatic heterocycles. The average Bonchev–Trinajstić information content (AvgIpc) is 3.37. The van der Waals surface area contributed by atoms with E-state index in [4.69, 9.17) is 24.7 Å². The summed E-state index contributed by atoms with van der Waals surface area (Å²) >= 11 is 0. The zero-order chi connectivity index (χ0) is 23.3. The molecule has 4 heterocycles. The molecular formula is C22H29N5O5. The van der Waals surface area contributed by atoms with E-state index < -0.39 is 29.7 Å². The predicted molar refractivity (Wildman–Crippen MR) is 113 cm³/mol. The Bertz CT molecular complexity index is 1070. The maximum atomic E-state index is 12.5. The van der Waals surface area contributed by atoms with E-state index in [2.05, 4.69) is 16.2 Å². The number of fused-ring (bicyclic) bond motifs is 2. The van der Waals surface area contributed by atoms with Crippen LogP contribution in [0.3, 0.4) is 0 Å². The van der Waals surface area contributed by atoms with Crippen molar-refractivity contribution in [2.75, 3.05) is 12.3 Å². The van der Waals surface area contributed by atoms with Crippen molar-refractivity contribution in [3.05, 3.63) is 24.2 Å². The van der Waals surface area contributed by atoms with Crippen molar-refractivity contribution in [3.8, 4) is 6.07 Å². The summed E-state index contributed by atoms with van der Waals surface area (Å²) in [4.78, 5) is 16.5. The highest BCUT2D eigenvalue weighted by molar-refractivity contribution is 5.70. The van der Waals surface area contributed by atoms with Crippen molar-refractivity contribution < 1.29 is 23.7 Å². The monoisotopic (exact) mass is 443 g/mol. The molecule has 2 aliphatic rings. The molecule has 2 fully saturated rings. The molecule has 172 valence electrons. The molecule has 0 spiro atoms. The van der Waals surface area contributed by atoms with Crippen LogP contribution in [-0.4, -0.2) is 50.8 Å². The summed E-state index contributed by atoms with van der Waals surface area (Å²) in [5.74, 6) is -1.000. The van der Waals surface area contributed by atoms with Gasteiger partial charge in [-0.1, -0.05) is 27.2 Å². The number of carbonyl (C=O) groups excluding carboxylic acids is 1. The number of esters is 1. The minimum atomic E-state index is -1.53. The minimum absolute atomic E-state index is 0.196. The number of anilines is 1. The smallest absolute Gasteiger partial charge is 0.306 e. The standard InChI is InChI=1S/C22H29N5O5/c1-6-20(2,3)9-15(28)29-11-22(10-23)18-17(30-21(4,5)32-18)16(31-22)13-7-8-14-19(24)25-12-26-27(13)14/h7-8,12,16-18H,6,9,11H2,1-5H3,(H2,24,25,26)/t16-,17-,18-,22+/m0/s1. The molecule has 0 radical (unpaired) electrons. The lowest BCUT2D eigenvalue weighted by Gasteiger charge is -2.29. The van der Waals surface area contributed by atoms with E-state index in [1.54, 1.807) is 30.5 Å². The molecular weight excluding hydrogens is 414 g/mol. The Balaban J connectivity index is 1.64. The highest BCUT2D eigenvalue weighted by atomic mass is 16.8. The van der Waals surface area contributed by atoms with Crippen LogP contribution in [0.25, 0.3) is 5.52 Å². The number of nitrogens with zero attached hydrogens (tertiary/aromatic N) is 4. The molecule has 0 aliphatic carbocycles. The number of nitrogen functional groups attached to an aromatic ring is 1. The summed E-state index contributed by atoms with van der Waals surface area (Å²) in [5, 5.41) is 14.4. The number of hydrogen-bond acceptors (Lipinski definition) is 9. The zero-order valence-electron chi connectivity index (χ0n) is 19.0. The van der Waals surface area contributed by atoms with Gasteiger partial charge in [0.1, 0.15) is 42.8 Å². The average molecular weight is 444 g/mol. The van der Waals surface area contributed by atoms with Crippen molar-refractivity contribution in [2.24, 2.45) is 5.41 Å². The lowest BCUT2D eigenvalue weighted by Crippen LogP contribution is -2.46. The number of nitriles is 1. The number of carbonyl (C=O) groups is 1. The first-order chi connectivity index (χ1) is 15.0. The second kappa shape index (κ2) is 7.69. The first-order valence-electron chi connectivity index (χ1n) is 10.7. The van der Waals surface area contributed by atoms with Crippen molar-refractivity contribution in [2.45, 2.75) is 77.2 Å². The van der Waals surface area contributed by atoms with Crippen molar-refractivity contribution in [1.29, 1.82) is 5.26 Å². The molecule has 32 heavy (non-hydrogen) atoms. The Morgan fingerprint density at radius 1 is 1.34 bits per heavy atom. The summed E-state index contributed by atoms with van der Waals surface area (Å²) in [7, 11) is 0. The number of aromatic nitrogens is 3. The van der Waals surface area contributed by atoms with Crippen LogP contribution < -0.4 is 5.73 Å². The van der Waals surface area contributed by atoms with E-state index >= 15 is 0 Å². The highest BCUT2D eigenvalue weighted by Gasteiger charge is 2.65. The van der Waals surface area contributed by atoms with E-state index in [0.29, 0.717) is 17.0 Å². The molecule has 2 aliphatic heterocycles. The molecule has 0 aromatic carbocycles. The van der Waals surface area contributed by atoms with Gasteiger partial charge in [-0.3, -0.25) is 4.79 Å². The van der Waals surface area contributed by atoms with Crippen LogP contribution >= 0.6 is 0 Å². The van der Waals surface area contributed by atoms with E-state index in [0.717, 1.165) is 6.42 Å². The fraction of sp³-hybridized carbons (Fsp3) is 0.636. The lowest BCUT2D eigenvalue weighted by molar-refractivity contribution is -0.208. The normalized spacial score (nSPS) is 29.1. The van der Waals surface area contributed by atoms with Crippen LogP contribution in [0.5, 0.6) is 0 Å². The Labute approximate surface area is 186 Å². The van der Waals surface area contributed by atoms with E-state index in [1.807, 2.05) is 20.8 Å². The van der Waals surface area contributed by atoms with E-state index in [1.165, 1.54) is 6.33 Å². The quantitative estimate of drug-likeness (QED) is 0.668. The molecule has 4 atom stereocenters. The van der Waals surface area contributed by atoms with Crippen LogP contribution in [0.2, 0.25) is 0 Å². The third-order valence-corrected chi connectivity index (χ3v) is 6.24. The largest absolute Gasteiger partial charge is 0.461 e. The molecule has 10 nitrogen and oxygen atoms in total. The maximum Gasteiger partial charge on any atom is 0.306 e. The predicted octanol–water partition coefficient (Wildman–Crippen LogP) is 2.53. The Hall–Kier alpha value is -2.74. The molecule has 2 aromatic rings. The molecule has 0 unspecified atom stereocenters. The molecule has 10 heteroatoms. The first kappa shape index (κ1) is 22.5. The van der Waals surface area contributed by atoms with Gasteiger partial charge in [-0.25, -0.2) is 9.50 Å². The maximum absolute atomic E-state index is 12.5. The molecule has 4 rings (SSSR count). The van der Waals surface area contributed by atoms with Gasteiger partial charge in [-0.2, -0.15) is 10.4 Å². The summed E-state index contributed by atoms with van der Waals surface area (Å²) in [6, 6.07) is 5.79. The Kier molecular flexibility index (Phi) is 5.40. The molecule has 0 amide bonds. The number of nitrogens with two attached hydrogens (primary N) is 1. The fourth-order valence-corrected chi connectivity index (χ4v) is 4.14. The van der Waals surface area contributed by atoms with Crippen molar-refractivity contribution >= 4 is 17.3 Å². The van der Waals surface area contributed by atoms with Gasteiger partial charge in [0.2, 0.25) is 5.60 Å². The van der Waals surface area contributed by atoms with Gasteiger partial charge >= 0.3 is 5.97 Å². The fourth-order valence-electron chi connectivity index (χ4n) is 4.14. The summed E-state index contributed by atoms with van der Waals surface area (Å²) in [5.41, 5.74) is 5.49. The molecule has 2 N–H and O–H groups in total. The SMILES string of the molecule is CCC(C)(C)CC(=O)OC[C@@]1(C#N)O[C@@H](c2ccc3c(N)ncnn23)[C@@H]2OC(C)(C)O[C@@H]21. The van der Waals surface area contributed by atoms with Gasteiger partial charge in [0.15, 0.2) is 11.6 Å². The summed E-state index contributed by atoms with van der Waals surface area (Å²) < 4.78 is 25.6. The topological polar surface area (TPSA) is 134 Å². The van der Waals surface area contributed by atoms with Crippen LogP contribution in [0.4, 0.5) is 5.82 Å². The van der Waals surface area contributed by atoms with Crippen LogP contribution in [0, 0.1) is 16.7 Å². The second-order valence-corrected chi connectivity index (χ2v) is 9.62. The Morgan fingerprint density at radius 3 is 2.78 bits per heavy atom. The van der Waals surface area contributed by atoms with Gasteiger partial charge in [0.25, 0.3) is 0 Å². The number of ether oxygens (including phenoxy) is 4. The third kappa shape index (κ3) is 3.81. The van der Waals surface area contributed by atoms with E-state index in [-0.39, 0.29) is 24.4 Å². The van der Waals surface area contributed by atoms with Gasteiger partial charge < -0.3 is 24.7 Å². The lowest BCUT2D eigenvalue weighted by atomic mass is 9.87. The minimum Gasteiger partial charge on any atom is -0.461 e. The van der Waals surface area contributed by atoms with E-state index in [9.17, 15) is 10.1 Å². The number of hydrogen-bond donors (Lipinski definition) is 1. The summed E-state index contributed by atoms with van der Waals surface area (Å²) in [6.07, 6.45) is 0.359. The van der Waals surface area contributed by atoms with Gasteiger partial charge in [0.05, 0.1) is 12.1 Å². The third-order valence-electron chi connectivity index (χ3n) is 6.24. The highest BCUT2D eigenvalue weighted by Crippen LogP contribution is 2.50. The van der Waals surface area contributed by atoms with Gasteiger partial charge in [-0.15, -0.1) is 0 Å². The number of rotatable bonds is 6. The van der Waals surface area contributed by atoms with Gasteiger partial charge in [-0.05, 0) is 31.4 Å². The Morgan fingerprint density at radius 2 is 2.09 bits per heavy atom. The first-order valence-corrected chi connectivity index (χ1v) is 10.7. The summed E-state index contributed by atoms with van der Waals surface area (Å²) in [6.45, 7) is 9.29. The van der Waals surface area contributed by atoms with Gasteiger partial charge in [0, 0.05) is 0 Å². The van der Waals surface area contributed by atoms with Crippen LogP contribution in [0.1, 0.15) is 59.3 Å². The van der Waals surface area contributed by atoms with Crippen LogP contribution in [0.15, 0.2) is 18.5 Å². The van der Waals surface area contributed by atoms with Crippen molar-refractivity contribution in [3.63, 3.8) is 0 Å². The molecule has 0 bridgehead atoms.